The van der Waals surface area contributed by atoms with Gasteiger partial charge in [-0.25, -0.2) is 4.98 Å². The van der Waals surface area contributed by atoms with Crippen LogP contribution in [0.15, 0.2) is 34.6 Å². The van der Waals surface area contributed by atoms with Gasteiger partial charge < -0.3 is 10.1 Å². The number of hydrogen-bond acceptors (Lipinski definition) is 7. The van der Waals surface area contributed by atoms with E-state index < -0.39 is 0 Å². The molecule has 0 saturated carbocycles. The van der Waals surface area contributed by atoms with Crippen molar-refractivity contribution in [3.63, 3.8) is 0 Å². The molecule has 0 atom stereocenters. The Kier molecular flexibility index (Phi) is 4.91. The van der Waals surface area contributed by atoms with Gasteiger partial charge in [0.05, 0.1) is 7.11 Å². The third-order valence-corrected chi connectivity index (χ3v) is 2.96. The number of nitrogens with one attached hydrogen (secondary N) is 1. The van der Waals surface area contributed by atoms with E-state index in [9.17, 15) is 0 Å². The zero-order chi connectivity index (χ0) is 13.5. The number of pyridine rings is 1. The van der Waals surface area contributed by atoms with Crippen LogP contribution in [0, 0.1) is 0 Å². The number of anilines is 1. The van der Waals surface area contributed by atoms with Crippen molar-refractivity contribution < 1.29 is 4.74 Å². The van der Waals surface area contributed by atoms with Crippen molar-refractivity contribution >= 4 is 17.7 Å². The quantitative estimate of drug-likeness (QED) is 0.868. The Bertz CT molecular complexity index is 523. The van der Waals surface area contributed by atoms with E-state index in [2.05, 4.69) is 32.2 Å². The van der Waals surface area contributed by atoms with Gasteiger partial charge in [-0.2, -0.15) is 15.0 Å². The summed E-state index contributed by atoms with van der Waals surface area (Å²) in [5.41, 5.74) is 0. The molecule has 0 aliphatic rings. The van der Waals surface area contributed by atoms with E-state index >= 15 is 0 Å². The third kappa shape index (κ3) is 4.06. The van der Waals surface area contributed by atoms with Crippen molar-refractivity contribution in [1.82, 2.24) is 19.9 Å². The molecule has 2 aromatic rings. The van der Waals surface area contributed by atoms with E-state index in [1.54, 1.807) is 6.20 Å². The Hall–Kier alpha value is -1.89. The summed E-state index contributed by atoms with van der Waals surface area (Å²) in [6.07, 6.45) is 2.73. The highest BCUT2D eigenvalue weighted by molar-refractivity contribution is 7.99. The van der Waals surface area contributed by atoms with E-state index in [1.807, 2.05) is 18.2 Å². The number of aromatic nitrogens is 4. The van der Waals surface area contributed by atoms with Crippen molar-refractivity contribution in [1.29, 1.82) is 0 Å². The summed E-state index contributed by atoms with van der Waals surface area (Å²) < 4.78 is 5.08. The first-order chi connectivity index (χ1) is 9.31. The second kappa shape index (κ2) is 6.89. The van der Waals surface area contributed by atoms with Gasteiger partial charge in [-0.15, -0.1) is 0 Å². The van der Waals surface area contributed by atoms with Crippen LogP contribution in [0.1, 0.15) is 13.3 Å². The van der Waals surface area contributed by atoms with Crippen molar-refractivity contribution in [2.75, 3.05) is 19.0 Å². The Morgan fingerprint density at radius 3 is 2.84 bits per heavy atom. The summed E-state index contributed by atoms with van der Waals surface area (Å²) >= 11 is 1.37. The molecule has 0 spiro atoms. The maximum absolute atomic E-state index is 5.08. The minimum absolute atomic E-state index is 0.298. The summed E-state index contributed by atoms with van der Waals surface area (Å²) in [5, 5.41) is 4.51. The SMILES string of the molecule is CCCNc1nc(OC)nc(Sc2ccccn2)n1. The normalized spacial score (nSPS) is 10.2. The van der Waals surface area contributed by atoms with Crippen LogP contribution >= 0.6 is 11.8 Å². The van der Waals surface area contributed by atoms with E-state index in [-0.39, 0.29) is 0 Å². The molecule has 0 fully saturated rings. The Morgan fingerprint density at radius 2 is 2.16 bits per heavy atom. The van der Waals surface area contributed by atoms with Gasteiger partial charge in [0.25, 0.3) is 0 Å². The molecule has 0 aromatic carbocycles. The lowest BCUT2D eigenvalue weighted by Crippen LogP contribution is -2.07. The molecule has 0 aliphatic heterocycles. The fraction of sp³-hybridized carbons (Fsp3) is 0.333. The Labute approximate surface area is 116 Å². The second-order valence-corrected chi connectivity index (χ2v) is 4.61. The number of rotatable bonds is 6. The monoisotopic (exact) mass is 277 g/mol. The summed E-state index contributed by atoms with van der Waals surface area (Å²) in [6, 6.07) is 5.99. The first kappa shape index (κ1) is 13.5. The van der Waals surface area contributed by atoms with Crippen molar-refractivity contribution in [3.8, 4) is 6.01 Å². The molecule has 100 valence electrons. The summed E-state index contributed by atoms with van der Waals surface area (Å²) in [6.45, 7) is 2.88. The number of methoxy groups -OCH3 is 1. The topological polar surface area (TPSA) is 72.8 Å². The zero-order valence-corrected chi connectivity index (χ0v) is 11.6. The minimum Gasteiger partial charge on any atom is -0.467 e. The lowest BCUT2D eigenvalue weighted by molar-refractivity contribution is 0.373. The van der Waals surface area contributed by atoms with Gasteiger partial charge in [-0.3, -0.25) is 0 Å². The highest BCUT2D eigenvalue weighted by Crippen LogP contribution is 2.24. The highest BCUT2D eigenvalue weighted by Gasteiger charge is 2.08. The fourth-order valence-electron chi connectivity index (χ4n) is 1.29. The van der Waals surface area contributed by atoms with E-state index in [0.717, 1.165) is 18.0 Å². The van der Waals surface area contributed by atoms with E-state index in [0.29, 0.717) is 17.1 Å². The largest absolute Gasteiger partial charge is 0.467 e. The molecule has 7 heteroatoms. The van der Waals surface area contributed by atoms with Gasteiger partial charge in [0.2, 0.25) is 11.1 Å². The van der Waals surface area contributed by atoms with Gasteiger partial charge in [-0.1, -0.05) is 13.0 Å². The molecule has 0 saturated heterocycles. The van der Waals surface area contributed by atoms with Crippen LogP contribution in [0.2, 0.25) is 0 Å². The molecular weight excluding hydrogens is 262 g/mol. The predicted molar refractivity (Wildman–Crippen MR) is 73.5 cm³/mol. The lowest BCUT2D eigenvalue weighted by atomic mass is 10.5. The molecule has 0 aliphatic carbocycles. The molecule has 0 bridgehead atoms. The highest BCUT2D eigenvalue weighted by atomic mass is 32.2. The third-order valence-electron chi connectivity index (χ3n) is 2.14. The maximum atomic E-state index is 5.08. The summed E-state index contributed by atoms with van der Waals surface area (Å²) in [4.78, 5) is 16.9. The molecule has 2 aromatic heterocycles. The summed E-state index contributed by atoms with van der Waals surface area (Å²) in [5.74, 6) is 0.520. The minimum atomic E-state index is 0.298. The molecule has 2 rings (SSSR count). The van der Waals surface area contributed by atoms with Gasteiger partial charge in [0.15, 0.2) is 0 Å². The average molecular weight is 277 g/mol. The standard InChI is InChI=1S/C12H15N5OS/c1-3-7-14-10-15-11(18-2)17-12(16-10)19-9-6-4-5-8-13-9/h4-6,8H,3,7H2,1-2H3,(H,14,15,16,17). The first-order valence-corrected chi connectivity index (χ1v) is 6.76. The Morgan fingerprint density at radius 1 is 1.26 bits per heavy atom. The zero-order valence-electron chi connectivity index (χ0n) is 10.8. The van der Waals surface area contributed by atoms with Crippen LogP contribution in [0.3, 0.4) is 0 Å². The summed E-state index contributed by atoms with van der Waals surface area (Å²) in [7, 11) is 1.54. The molecule has 2 heterocycles. The average Bonchev–Trinajstić information content (AvgIpc) is 2.46. The molecule has 19 heavy (non-hydrogen) atoms. The van der Waals surface area contributed by atoms with Crippen LogP contribution in [0.4, 0.5) is 5.95 Å². The van der Waals surface area contributed by atoms with Gasteiger partial charge in [-0.05, 0) is 30.3 Å². The van der Waals surface area contributed by atoms with Crippen LogP contribution in [0.25, 0.3) is 0 Å². The lowest BCUT2D eigenvalue weighted by Gasteiger charge is -2.06. The maximum Gasteiger partial charge on any atom is 0.321 e. The van der Waals surface area contributed by atoms with Crippen molar-refractivity contribution in [3.05, 3.63) is 24.4 Å². The van der Waals surface area contributed by atoms with Gasteiger partial charge in [0, 0.05) is 12.7 Å². The Balaban J connectivity index is 2.19. The predicted octanol–water partition coefficient (Wildman–Crippen LogP) is 2.25. The van der Waals surface area contributed by atoms with Crippen LogP contribution < -0.4 is 10.1 Å². The molecule has 6 nitrogen and oxygen atoms in total. The number of hydrogen-bond donors (Lipinski definition) is 1. The van der Waals surface area contributed by atoms with E-state index in [1.165, 1.54) is 18.9 Å². The van der Waals surface area contributed by atoms with Crippen molar-refractivity contribution in [2.45, 2.75) is 23.5 Å². The molecule has 0 amide bonds. The number of ether oxygens (including phenoxy) is 1. The molecule has 1 N–H and O–H groups in total. The van der Waals surface area contributed by atoms with Gasteiger partial charge in [0.1, 0.15) is 5.03 Å². The van der Waals surface area contributed by atoms with Gasteiger partial charge >= 0.3 is 6.01 Å². The van der Waals surface area contributed by atoms with Crippen LogP contribution in [0.5, 0.6) is 6.01 Å². The number of nitrogens with zero attached hydrogens (tertiary/aromatic N) is 4. The molecular formula is C12H15N5OS. The van der Waals surface area contributed by atoms with Crippen molar-refractivity contribution in [2.24, 2.45) is 0 Å². The van der Waals surface area contributed by atoms with Crippen LogP contribution in [-0.4, -0.2) is 33.6 Å². The molecule has 0 unspecified atom stereocenters. The van der Waals surface area contributed by atoms with E-state index in [4.69, 9.17) is 4.74 Å². The first-order valence-electron chi connectivity index (χ1n) is 5.94. The fourth-order valence-corrected chi connectivity index (χ4v) is 1.99. The van der Waals surface area contributed by atoms with Crippen LogP contribution in [-0.2, 0) is 0 Å². The molecule has 0 radical (unpaired) electrons. The second-order valence-electron chi connectivity index (χ2n) is 3.63. The smallest absolute Gasteiger partial charge is 0.321 e.